The maximum atomic E-state index is 10.2. The van der Waals surface area contributed by atoms with Crippen molar-refractivity contribution in [2.75, 3.05) is 12.5 Å². The molecule has 0 bridgehead atoms. The third-order valence-corrected chi connectivity index (χ3v) is 0. The van der Waals surface area contributed by atoms with Gasteiger partial charge in [-0.25, -0.2) is 0 Å². The molecule has 0 saturated heterocycles. The van der Waals surface area contributed by atoms with Crippen molar-refractivity contribution in [1.29, 1.82) is 0 Å². The minimum absolute atomic E-state index is 1.64. The molecule has 0 saturated carbocycles. The SMILES string of the molecule is C[SH](C)(=O)[Ir]. The fourth-order valence-corrected chi connectivity index (χ4v) is 0. The van der Waals surface area contributed by atoms with Crippen LogP contribution in [0.1, 0.15) is 0 Å². The summed E-state index contributed by atoms with van der Waals surface area (Å²) in [7, 11) is -1.64. The molecule has 0 aromatic heterocycles. The molecule has 36 valence electrons. The van der Waals surface area contributed by atoms with Crippen LogP contribution < -0.4 is 0 Å². The molecule has 0 atom stereocenters. The van der Waals surface area contributed by atoms with Crippen LogP contribution in [0.3, 0.4) is 0 Å². The zero-order valence-corrected chi connectivity index (χ0v) is 6.48. The van der Waals surface area contributed by atoms with E-state index in [2.05, 4.69) is 0 Å². The third-order valence-electron chi connectivity index (χ3n) is 0. The topological polar surface area (TPSA) is 17.1 Å². The minimum atomic E-state index is -1.64. The van der Waals surface area contributed by atoms with Gasteiger partial charge in [-0.05, 0) is 0 Å². The van der Waals surface area contributed by atoms with Gasteiger partial charge in [-0.3, -0.25) is 0 Å². The van der Waals surface area contributed by atoms with Crippen molar-refractivity contribution >= 4 is 7.81 Å². The van der Waals surface area contributed by atoms with E-state index in [0.29, 0.717) is 0 Å². The third kappa shape index (κ3) is 58.9. The zero-order valence-electron chi connectivity index (χ0n) is 3.19. The molecule has 0 N–H and O–H groups in total. The van der Waals surface area contributed by atoms with Gasteiger partial charge in [0.25, 0.3) is 0 Å². The van der Waals surface area contributed by atoms with Crippen molar-refractivity contribution in [3.63, 3.8) is 0 Å². The van der Waals surface area contributed by atoms with Gasteiger partial charge >= 0.3 is 42.2 Å². The van der Waals surface area contributed by atoms with Gasteiger partial charge in [0.05, 0.1) is 0 Å². The molecule has 0 fully saturated rings. The molecule has 0 aliphatic carbocycles. The summed E-state index contributed by atoms with van der Waals surface area (Å²) < 4.78 is 10.2. The molecule has 0 unspecified atom stereocenters. The molecule has 0 heterocycles. The van der Waals surface area contributed by atoms with E-state index in [1.165, 1.54) is 0 Å². The first kappa shape index (κ1) is 5.80. The average molecular weight is 271 g/mol. The van der Waals surface area contributed by atoms with Gasteiger partial charge in [0.2, 0.25) is 0 Å². The van der Waals surface area contributed by atoms with Crippen LogP contribution in [0.5, 0.6) is 0 Å². The van der Waals surface area contributed by atoms with Gasteiger partial charge in [0.1, 0.15) is 0 Å². The fraction of sp³-hybridized carbons (Fsp3) is 1.00. The van der Waals surface area contributed by atoms with Crippen LogP contribution >= 0.6 is 0 Å². The molecule has 0 rings (SSSR count). The van der Waals surface area contributed by atoms with Crippen LogP contribution in [-0.4, -0.2) is 16.7 Å². The predicted molar refractivity (Wildman–Crippen MR) is 21.4 cm³/mol. The van der Waals surface area contributed by atoms with Crippen LogP contribution in [0.2, 0.25) is 0 Å². The zero-order chi connectivity index (χ0) is 4.50. The van der Waals surface area contributed by atoms with Crippen molar-refractivity contribution in [2.24, 2.45) is 0 Å². The summed E-state index contributed by atoms with van der Waals surface area (Å²) in [6, 6.07) is 0. The molecule has 0 aromatic rings. The summed E-state index contributed by atoms with van der Waals surface area (Å²) in [5.41, 5.74) is 0. The van der Waals surface area contributed by atoms with Gasteiger partial charge in [0.15, 0.2) is 0 Å². The van der Waals surface area contributed by atoms with Crippen molar-refractivity contribution in [3.05, 3.63) is 0 Å². The van der Waals surface area contributed by atoms with E-state index in [0.717, 1.165) is 0 Å². The Morgan fingerprint density at radius 3 is 1.60 bits per heavy atom. The first-order chi connectivity index (χ1) is 2.00. The van der Waals surface area contributed by atoms with E-state index in [1.807, 2.05) is 0 Å². The Kier molecular flexibility index (Phi) is 1.74. The molecular weight excluding hydrogens is 264 g/mol. The first-order valence-corrected chi connectivity index (χ1v) is 6.89. The van der Waals surface area contributed by atoms with Crippen LogP contribution in [0.25, 0.3) is 0 Å². The second kappa shape index (κ2) is 1.50. The second-order valence-electron chi connectivity index (χ2n) is 1.17. The van der Waals surface area contributed by atoms with Gasteiger partial charge in [-0.1, -0.05) is 0 Å². The normalized spacial score (nSPS) is 15.2. The standard InChI is InChI=1S/C2H7OS.Ir/c1-4(2)3;/h4H,1-2H3;. The van der Waals surface area contributed by atoms with Gasteiger partial charge < -0.3 is 0 Å². The summed E-state index contributed by atoms with van der Waals surface area (Å²) in [5, 5.41) is 0. The molecule has 0 radical (unpaired) electrons. The Labute approximate surface area is 42.5 Å². The van der Waals surface area contributed by atoms with Gasteiger partial charge in [0, 0.05) is 0 Å². The van der Waals surface area contributed by atoms with E-state index in [-0.39, 0.29) is 0 Å². The van der Waals surface area contributed by atoms with Crippen LogP contribution in [0, 0.1) is 0 Å². The Hall–Kier alpha value is 0.799. The van der Waals surface area contributed by atoms with E-state index in [4.69, 9.17) is 0 Å². The summed E-state index contributed by atoms with van der Waals surface area (Å²) in [6.45, 7) is 0. The van der Waals surface area contributed by atoms with Crippen LogP contribution in [-0.2, 0) is 25.5 Å². The molecule has 0 amide bonds. The molecule has 5 heavy (non-hydrogen) atoms. The number of hydrogen-bond acceptors (Lipinski definition) is 1. The summed E-state index contributed by atoms with van der Waals surface area (Å²) in [5.74, 6) is 0. The molecule has 0 aliphatic heterocycles. The average Bonchev–Trinajstić information content (AvgIpc) is 0.722. The van der Waals surface area contributed by atoms with Crippen molar-refractivity contribution in [2.45, 2.75) is 0 Å². The summed E-state index contributed by atoms with van der Waals surface area (Å²) in [6.07, 6.45) is 3.49. The number of hydrogen-bond donors (Lipinski definition) is 1. The van der Waals surface area contributed by atoms with Crippen molar-refractivity contribution in [1.82, 2.24) is 0 Å². The molecular formula is C2H7IrOS. The van der Waals surface area contributed by atoms with E-state index in [1.54, 1.807) is 30.2 Å². The molecule has 0 aromatic carbocycles. The Morgan fingerprint density at radius 1 is 1.60 bits per heavy atom. The summed E-state index contributed by atoms with van der Waals surface area (Å²) >= 11 is 1.74. The Bertz CT molecular complexity index is 55.8. The fourth-order valence-electron chi connectivity index (χ4n) is 0. The van der Waals surface area contributed by atoms with Gasteiger partial charge in [-0.15, -0.1) is 0 Å². The number of thiol groups is 1. The Morgan fingerprint density at radius 2 is 1.60 bits per heavy atom. The monoisotopic (exact) mass is 272 g/mol. The molecule has 3 heteroatoms. The van der Waals surface area contributed by atoms with Gasteiger partial charge in [-0.2, -0.15) is 0 Å². The summed E-state index contributed by atoms with van der Waals surface area (Å²) in [4.78, 5) is 0. The number of rotatable bonds is 0. The van der Waals surface area contributed by atoms with Crippen LogP contribution in [0.4, 0.5) is 0 Å². The molecule has 0 spiro atoms. The Balaban J connectivity index is 3.47. The quantitative estimate of drug-likeness (QED) is 0.600. The van der Waals surface area contributed by atoms with Crippen LogP contribution in [0.15, 0.2) is 0 Å². The van der Waals surface area contributed by atoms with Crippen molar-refractivity contribution < 1.29 is 21.9 Å². The predicted octanol–water partition coefficient (Wildman–Crippen LogP) is -0.275. The first-order valence-electron chi connectivity index (χ1n) is 1.23. The molecule has 1 nitrogen and oxygen atoms in total. The van der Waals surface area contributed by atoms with Crippen molar-refractivity contribution in [3.8, 4) is 0 Å². The second-order valence-corrected chi connectivity index (χ2v) is 11.3. The van der Waals surface area contributed by atoms with E-state index in [9.17, 15) is 4.21 Å². The molecule has 0 aliphatic rings. The van der Waals surface area contributed by atoms with E-state index < -0.39 is 7.81 Å². The maximum absolute atomic E-state index is 10.2. The van der Waals surface area contributed by atoms with E-state index >= 15 is 0 Å².